The molecule has 0 saturated heterocycles. The molecule has 1 aliphatic carbocycles. The summed E-state index contributed by atoms with van der Waals surface area (Å²) in [4.78, 5) is 13.3. The Hall–Kier alpha value is -3.04. The summed E-state index contributed by atoms with van der Waals surface area (Å²) in [5.41, 5.74) is 7.13. The molecule has 4 heteroatoms. The lowest BCUT2D eigenvalue weighted by atomic mass is 10.0. The van der Waals surface area contributed by atoms with Gasteiger partial charge in [0.2, 0.25) is 5.28 Å². The molecule has 0 radical (unpaired) electrons. The highest BCUT2D eigenvalue weighted by molar-refractivity contribution is 6.28. The quantitative estimate of drug-likeness (QED) is 0.424. The van der Waals surface area contributed by atoms with Gasteiger partial charge in [-0.1, -0.05) is 66.7 Å². The summed E-state index contributed by atoms with van der Waals surface area (Å²) in [5.74, 6) is 1.19. The summed E-state index contributed by atoms with van der Waals surface area (Å²) in [7, 11) is 0. The van der Waals surface area contributed by atoms with E-state index >= 15 is 0 Å². The first-order chi connectivity index (χ1) is 12.8. The minimum absolute atomic E-state index is 0.206. The fraction of sp³-hybridized carbons (Fsp3) is 0.0455. The minimum Gasteiger partial charge on any atom is -0.208 e. The lowest BCUT2D eigenvalue weighted by Gasteiger charge is -2.07. The number of benzene rings is 3. The van der Waals surface area contributed by atoms with Crippen molar-refractivity contribution >= 4 is 11.6 Å². The number of rotatable bonds is 2. The summed E-state index contributed by atoms with van der Waals surface area (Å²) in [6, 6.07) is 24.7. The van der Waals surface area contributed by atoms with Gasteiger partial charge >= 0.3 is 0 Å². The average Bonchev–Trinajstić information content (AvgIpc) is 3.06. The third-order valence-electron chi connectivity index (χ3n) is 4.69. The average molecular weight is 356 g/mol. The van der Waals surface area contributed by atoms with Crippen molar-refractivity contribution in [1.29, 1.82) is 0 Å². The molecule has 5 rings (SSSR count). The van der Waals surface area contributed by atoms with E-state index in [1.54, 1.807) is 0 Å². The van der Waals surface area contributed by atoms with Crippen molar-refractivity contribution < 1.29 is 0 Å². The molecular weight excluding hydrogens is 342 g/mol. The molecule has 1 aromatic heterocycles. The summed E-state index contributed by atoms with van der Waals surface area (Å²) in [5, 5.41) is 0.206. The van der Waals surface area contributed by atoms with Gasteiger partial charge in [-0.3, -0.25) is 0 Å². The minimum atomic E-state index is 0.206. The molecule has 3 nitrogen and oxygen atoms in total. The number of fused-ring (bicyclic) bond motifs is 3. The van der Waals surface area contributed by atoms with E-state index < -0.39 is 0 Å². The van der Waals surface area contributed by atoms with Gasteiger partial charge in [0.25, 0.3) is 0 Å². The van der Waals surface area contributed by atoms with Crippen LogP contribution in [-0.2, 0) is 6.42 Å². The molecule has 4 aromatic rings. The van der Waals surface area contributed by atoms with Gasteiger partial charge in [0.05, 0.1) is 0 Å². The first-order valence-electron chi connectivity index (χ1n) is 8.46. The van der Waals surface area contributed by atoms with Gasteiger partial charge < -0.3 is 0 Å². The van der Waals surface area contributed by atoms with Crippen LogP contribution in [0.25, 0.3) is 33.9 Å². The Morgan fingerprint density at radius 2 is 1.31 bits per heavy atom. The van der Waals surface area contributed by atoms with Crippen LogP contribution in [0.5, 0.6) is 0 Å². The molecule has 0 spiro atoms. The lowest BCUT2D eigenvalue weighted by Crippen LogP contribution is -1.97. The standard InChI is InChI=1S/C22H14ClN3/c23-22-25-20(14-6-2-1-3-7-14)24-21(26-22)16-10-11-19-17(13-16)12-15-8-4-5-9-18(15)19/h1-11,13H,12H2. The second-order valence-corrected chi connectivity index (χ2v) is 6.66. The van der Waals surface area contributed by atoms with Crippen molar-refractivity contribution in [3.05, 3.63) is 89.2 Å². The largest absolute Gasteiger partial charge is 0.226 e. The summed E-state index contributed by atoms with van der Waals surface area (Å²) in [6.45, 7) is 0. The number of aromatic nitrogens is 3. The molecule has 3 aromatic carbocycles. The Morgan fingerprint density at radius 3 is 2.15 bits per heavy atom. The molecule has 26 heavy (non-hydrogen) atoms. The monoisotopic (exact) mass is 355 g/mol. The maximum absolute atomic E-state index is 6.18. The predicted molar refractivity (Wildman–Crippen MR) is 104 cm³/mol. The lowest BCUT2D eigenvalue weighted by molar-refractivity contribution is 1.06. The topological polar surface area (TPSA) is 38.7 Å². The molecule has 0 N–H and O–H groups in total. The van der Waals surface area contributed by atoms with Gasteiger partial charge in [0.15, 0.2) is 11.6 Å². The molecule has 0 bridgehead atoms. The van der Waals surface area contributed by atoms with Crippen LogP contribution in [0, 0.1) is 0 Å². The molecule has 0 amide bonds. The summed E-state index contributed by atoms with van der Waals surface area (Å²) < 4.78 is 0. The van der Waals surface area contributed by atoms with Crippen LogP contribution in [0.3, 0.4) is 0 Å². The van der Waals surface area contributed by atoms with Gasteiger partial charge in [-0.25, -0.2) is 4.98 Å². The van der Waals surface area contributed by atoms with Gasteiger partial charge in [-0.05, 0) is 46.3 Å². The second-order valence-electron chi connectivity index (χ2n) is 6.32. The van der Waals surface area contributed by atoms with E-state index in [4.69, 9.17) is 11.6 Å². The number of hydrogen-bond donors (Lipinski definition) is 0. The Kier molecular flexibility index (Phi) is 3.54. The molecular formula is C22H14ClN3. The summed E-state index contributed by atoms with van der Waals surface area (Å²) >= 11 is 6.18. The number of nitrogens with zero attached hydrogens (tertiary/aromatic N) is 3. The van der Waals surface area contributed by atoms with Crippen molar-refractivity contribution in [3.8, 4) is 33.9 Å². The van der Waals surface area contributed by atoms with E-state index in [1.165, 1.54) is 22.3 Å². The van der Waals surface area contributed by atoms with E-state index in [-0.39, 0.29) is 5.28 Å². The predicted octanol–water partition coefficient (Wildman–Crippen LogP) is 5.43. The highest BCUT2D eigenvalue weighted by Gasteiger charge is 2.19. The van der Waals surface area contributed by atoms with E-state index in [0.29, 0.717) is 11.6 Å². The van der Waals surface area contributed by atoms with E-state index in [1.807, 2.05) is 30.3 Å². The zero-order valence-corrected chi connectivity index (χ0v) is 14.6. The first kappa shape index (κ1) is 15.2. The van der Waals surface area contributed by atoms with Crippen molar-refractivity contribution in [2.75, 3.05) is 0 Å². The number of hydrogen-bond acceptors (Lipinski definition) is 3. The van der Waals surface area contributed by atoms with Gasteiger partial charge in [0.1, 0.15) is 0 Å². The van der Waals surface area contributed by atoms with Gasteiger partial charge in [0, 0.05) is 11.1 Å². The molecule has 0 fully saturated rings. The van der Waals surface area contributed by atoms with E-state index in [0.717, 1.165) is 17.5 Å². The molecule has 0 unspecified atom stereocenters. The van der Waals surface area contributed by atoms with Crippen molar-refractivity contribution in [3.63, 3.8) is 0 Å². The highest BCUT2D eigenvalue weighted by atomic mass is 35.5. The normalized spacial score (nSPS) is 11.9. The van der Waals surface area contributed by atoms with Crippen molar-refractivity contribution in [1.82, 2.24) is 15.0 Å². The molecule has 0 atom stereocenters. The van der Waals surface area contributed by atoms with Crippen molar-refractivity contribution in [2.45, 2.75) is 6.42 Å². The fourth-order valence-corrected chi connectivity index (χ4v) is 3.64. The zero-order valence-electron chi connectivity index (χ0n) is 13.9. The summed E-state index contributed by atoms with van der Waals surface area (Å²) in [6.07, 6.45) is 0.934. The van der Waals surface area contributed by atoms with Crippen LogP contribution in [0.2, 0.25) is 5.28 Å². The second kappa shape index (κ2) is 6.04. The Morgan fingerprint density at radius 1 is 0.615 bits per heavy atom. The smallest absolute Gasteiger partial charge is 0.208 e. The SMILES string of the molecule is Clc1nc(-c2ccccc2)nc(-c2ccc3c(c2)Cc2ccccc2-3)n1. The van der Waals surface area contributed by atoms with E-state index in [9.17, 15) is 0 Å². The molecule has 124 valence electrons. The van der Waals surface area contributed by atoms with Crippen LogP contribution < -0.4 is 0 Å². The molecule has 1 heterocycles. The Balaban J connectivity index is 1.59. The third kappa shape index (κ3) is 2.57. The fourth-order valence-electron chi connectivity index (χ4n) is 3.48. The van der Waals surface area contributed by atoms with Crippen LogP contribution in [0.15, 0.2) is 72.8 Å². The molecule has 1 aliphatic rings. The maximum atomic E-state index is 6.18. The van der Waals surface area contributed by atoms with Crippen LogP contribution >= 0.6 is 11.6 Å². The Bertz CT molecular complexity index is 1120. The molecule has 0 saturated carbocycles. The zero-order chi connectivity index (χ0) is 17.5. The highest BCUT2D eigenvalue weighted by Crippen LogP contribution is 2.38. The van der Waals surface area contributed by atoms with E-state index in [2.05, 4.69) is 57.4 Å². The third-order valence-corrected chi connectivity index (χ3v) is 4.86. The first-order valence-corrected chi connectivity index (χ1v) is 8.84. The van der Waals surface area contributed by atoms with Crippen LogP contribution in [-0.4, -0.2) is 15.0 Å². The van der Waals surface area contributed by atoms with Crippen LogP contribution in [0.1, 0.15) is 11.1 Å². The Labute approximate surface area is 156 Å². The van der Waals surface area contributed by atoms with Gasteiger partial charge in [-0.15, -0.1) is 0 Å². The number of halogens is 1. The van der Waals surface area contributed by atoms with Gasteiger partial charge in [-0.2, -0.15) is 9.97 Å². The van der Waals surface area contributed by atoms with Crippen LogP contribution in [0.4, 0.5) is 0 Å². The van der Waals surface area contributed by atoms with Crippen molar-refractivity contribution in [2.24, 2.45) is 0 Å². The maximum Gasteiger partial charge on any atom is 0.226 e. The molecule has 0 aliphatic heterocycles.